The normalized spacial score (nSPS) is 10.9. The van der Waals surface area contributed by atoms with Crippen LogP contribution in [0.15, 0.2) is 30.3 Å². The molecule has 0 spiro atoms. The SMILES string of the molecule is Cc1cc(NC(=O)CCn2nc([N+](=O)[O-])cc2C)nn1Cc1ccc(Cl)c(Cl)c1. The number of halogens is 2. The van der Waals surface area contributed by atoms with Gasteiger partial charge in [-0.2, -0.15) is 9.78 Å². The Labute approximate surface area is 176 Å². The molecule has 1 amide bonds. The van der Waals surface area contributed by atoms with Crippen molar-refractivity contribution in [2.45, 2.75) is 33.4 Å². The van der Waals surface area contributed by atoms with Crippen LogP contribution in [0, 0.1) is 24.0 Å². The van der Waals surface area contributed by atoms with Gasteiger partial charge in [0.05, 0.1) is 40.0 Å². The molecule has 0 saturated carbocycles. The van der Waals surface area contributed by atoms with Crippen LogP contribution >= 0.6 is 23.2 Å². The summed E-state index contributed by atoms with van der Waals surface area (Å²) in [4.78, 5) is 22.4. The number of aryl methyl sites for hydroxylation is 3. The number of benzene rings is 1. The number of nitrogens with zero attached hydrogens (tertiary/aromatic N) is 5. The maximum atomic E-state index is 12.2. The highest BCUT2D eigenvalue weighted by molar-refractivity contribution is 6.42. The second kappa shape index (κ2) is 8.62. The lowest BCUT2D eigenvalue weighted by atomic mass is 10.2. The van der Waals surface area contributed by atoms with Gasteiger partial charge in [0.15, 0.2) is 5.82 Å². The third-order valence-electron chi connectivity index (χ3n) is 4.27. The van der Waals surface area contributed by atoms with Crippen molar-refractivity contribution < 1.29 is 9.72 Å². The first-order valence-corrected chi connectivity index (χ1v) is 9.45. The Kier molecular flexibility index (Phi) is 6.19. The van der Waals surface area contributed by atoms with Crippen molar-refractivity contribution >= 4 is 40.7 Å². The predicted molar refractivity (Wildman–Crippen MR) is 109 cm³/mol. The van der Waals surface area contributed by atoms with Crippen LogP contribution in [0.1, 0.15) is 23.4 Å². The van der Waals surface area contributed by atoms with E-state index in [4.69, 9.17) is 23.2 Å². The smallest absolute Gasteiger partial charge is 0.358 e. The van der Waals surface area contributed by atoms with E-state index in [2.05, 4.69) is 15.5 Å². The molecule has 152 valence electrons. The van der Waals surface area contributed by atoms with E-state index in [1.165, 1.54) is 10.7 Å². The molecule has 2 aromatic heterocycles. The van der Waals surface area contributed by atoms with Crippen molar-refractivity contribution in [2.24, 2.45) is 0 Å². The topological polar surface area (TPSA) is 108 Å². The van der Waals surface area contributed by atoms with Gasteiger partial charge >= 0.3 is 5.82 Å². The molecule has 2 heterocycles. The third-order valence-corrected chi connectivity index (χ3v) is 5.01. The van der Waals surface area contributed by atoms with Gasteiger partial charge in [-0.25, -0.2) is 0 Å². The zero-order valence-electron chi connectivity index (χ0n) is 15.7. The maximum Gasteiger partial charge on any atom is 0.390 e. The summed E-state index contributed by atoms with van der Waals surface area (Å²) in [5, 5.41) is 22.7. The average molecular weight is 437 g/mol. The summed E-state index contributed by atoms with van der Waals surface area (Å²) in [5.41, 5.74) is 2.41. The summed E-state index contributed by atoms with van der Waals surface area (Å²) in [6.45, 7) is 4.29. The lowest BCUT2D eigenvalue weighted by Gasteiger charge is -2.06. The van der Waals surface area contributed by atoms with Crippen LogP contribution in [0.5, 0.6) is 0 Å². The Bertz CT molecular complexity index is 1080. The lowest BCUT2D eigenvalue weighted by molar-refractivity contribution is -0.389. The van der Waals surface area contributed by atoms with E-state index in [1.54, 1.807) is 29.8 Å². The molecule has 1 N–H and O–H groups in total. The lowest BCUT2D eigenvalue weighted by Crippen LogP contribution is -2.16. The van der Waals surface area contributed by atoms with Crippen molar-refractivity contribution in [3.63, 3.8) is 0 Å². The van der Waals surface area contributed by atoms with Crippen molar-refractivity contribution in [3.05, 3.63) is 67.4 Å². The van der Waals surface area contributed by atoms with Crippen LogP contribution in [0.3, 0.4) is 0 Å². The van der Waals surface area contributed by atoms with Gasteiger partial charge in [0, 0.05) is 18.2 Å². The number of aromatic nitrogens is 4. The Balaban J connectivity index is 1.60. The molecule has 0 bridgehead atoms. The number of nitro groups is 1. The number of rotatable bonds is 7. The Morgan fingerprint density at radius 3 is 2.48 bits per heavy atom. The summed E-state index contributed by atoms with van der Waals surface area (Å²) < 4.78 is 3.18. The standard InChI is InChI=1S/C18H18Cl2N6O3/c1-11-7-16(22-25(11)10-13-3-4-14(19)15(20)9-13)21-18(27)5-6-24-12(2)8-17(23-24)26(28)29/h3-4,7-9H,5-6,10H2,1-2H3,(H,21,22,27). The maximum absolute atomic E-state index is 12.2. The highest BCUT2D eigenvalue weighted by atomic mass is 35.5. The second-order valence-electron chi connectivity index (χ2n) is 6.50. The number of hydrogen-bond donors (Lipinski definition) is 1. The zero-order valence-corrected chi connectivity index (χ0v) is 17.2. The first-order valence-electron chi connectivity index (χ1n) is 8.70. The third kappa shape index (κ3) is 5.12. The van der Waals surface area contributed by atoms with Gasteiger partial charge in [-0.15, -0.1) is 0 Å². The van der Waals surface area contributed by atoms with E-state index >= 15 is 0 Å². The molecule has 3 rings (SSSR count). The van der Waals surface area contributed by atoms with Crippen LogP contribution < -0.4 is 5.32 Å². The summed E-state index contributed by atoms with van der Waals surface area (Å²) in [6.07, 6.45) is 0.109. The summed E-state index contributed by atoms with van der Waals surface area (Å²) >= 11 is 12.0. The Hall–Kier alpha value is -2.91. The molecule has 9 nitrogen and oxygen atoms in total. The van der Waals surface area contributed by atoms with E-state index in [-0.39, 0.29) is 24.7 Å². The molecule has 0 aliphatic heterocycles. The number of carbonyl (C=O) groups is 1. The van der Waals surface area contributed by atoms with Crippen LogP contribution in [0.4, 0.5) is 11.6 Å². The molecule has 0 aliphatic carbocycles. The molecule has 0 unspecified atom stereocenters. The molecule has 29 heavy (non-hydrogen) atoms. The minimum absolute atomic E-state index is 0.109. The molecule has 0 saturated heterocycles. The zero-order chi connectivity index (χ0) is 21.1. The van der Waals surface area contributed by atoms with E-state index < -0.39 is 4.92 Å². The van der Waals surface area contributed by atoms with Gasteiger partial charge < -0.3 is 15.4 Å². The van der Waals surface area contributed by atoms with E-state index in [0.717, 1.165) is 11.3 Å². The molecular formula is C18H18Cl2N6O3. The molecular weight excluding hydrogens is 419 g/mol. The van der Waals surface area contributed by atoms with Crippen LogP contribution in [0.25, 0.3) is 0 Å². The van der Waals surface area contributed by atoms with Crippen LogP contribution in [-0.2, 0) is 17.9 Å². The molecule has 0 fully saturated rings. The molecule has 3 aromatic rings. The van der Waals surface area contributed by atoms with Gasteiger partial charge in [0.25, 0.3) is 0 Å². The van der Waals surface area contributed by atoms with Crippen molar-refractivity contribution in [3.8, 4) is 0 Å². The summed E-state index contributed by atoms with van der Waals surface area (Å²) in [6, 6.07) is 8.49. The molecule has 11 heteroatoms. The minimum atomic E-state index is -0.563. The molecule has 0 radical (unpaired) electrons. The van der Waals surface area contributed by atoms with Crippen molar-refractivity contribution in [1.82, 2.24) is 19.6 Å². The molecule has 0 atom stereocenters. The molecule has 1 aromatic carbocycles. The fourth-order valence-electron chi connectivity index (χ4n) is 2.76. The van der Waals surface area contributed by atoms with Gasteiger partial charge in [-0.05, 0) is 36.5 Å². The Morgan fingerprint density at radius 2 is 1.83 bits per heavy atom. The van der Waals surface area contributed by atoms with Crippen LogP contribution in [-0.4, -0.2) is 30.4 Å². The van der Waals surface area contributed by atoms with Gasteiger partial charge in [0.2, 0.25) is 5.91 Å². The van der Waals surface area contributed by atoms with Gasteiger partial charge in [0.1, 0.15) is 0 Å². The van der Waals surface area contributed by atoms with E-state index in [1.807, 2.05) is 13.0 Å². The average Bonchev–Trinajstić information content (AvgIpc) is 3.19. The number of hydrogen-bond acceptors (Lipinski definition) is 5. The van der Waals surface area contributed by atoms with Gasteiger partial charge in [-0.1, -0.05) is 29.3 Å². The van der Waals surface area contributed by atoms with E-state index in [0.29, 0.717) is 28.1 Å². The second-order valence-corrected chi connectivity index (χ2v) is 7.31. The quantitative estimate of drug-likeness (QED) is 0.444. The van der Waals surface area contributed by atoms with Crippen LogP contribution in [0.2, 0.25) is 10.0 Å². The fraction of sp³-hybridized carbons (Fsp3) is 0.278. The largest absolute Gasteiger partial charge is 0.390 e. The van der Waals surface area contributed by atoms with Crippen molar-refractivity contribution in [1.29, 1.82) is 0 Å². The van der Waals surface area contributed by atoms with Gasteiger partial charge in [-0.3, -0.25) is 9.48 Å². The fourth-order valence-corrected chi connectivity index (χ4v) is 3.08. The number of anilines is 1. The minimum Gasteiger partial charge on any atom is -0.358 e. The number of carbonyl (C=O) groups excluding carboxylic acids is 1. The van der Waals surface area contributed by atoms with Crippen molar-refractivity contribution in [2.75, 3.05) is 5.32 Å². The highest BCUT2D eigenvalue weighted by Gasteiger charge is 2.16. The first kappa shape index (κ1) is 20.8. The number of nitrogens with one attached hydrogen (secondary N) is 1. The summed E-state index contributed by atoms with van der Waals surface area (Å²) in [7, 11) is 0. The highest BCUT2D eigenvalue weighted by Crippen LogP contribution is 2.23. The number of amides is 1. The Morgan fingerprint density at radius 1 is 1.10 bits per heavy atom. The predicted octanol–water partition coefficient (Wildman–Crippen LogP) is 3.99. The first-order chi connectivity index (χ1) is 13.7. The molecule has 0 aliphatic rings. The van der Waals surface area contributed by atoms with E-state index in [9.17, 15) is 14.9 Å². The summed E-state index contributed by atoms with van der Waals surface area (Å²) in [5.74, 6) is -0.0722. The monoisotopic (exact) mass is 436 g/mol.